The Hall–Kier alpha value is -2.05. The number of rotatable bonds is 7. The van der Waals surface area contributed by atoms with E-state index in [2.05, 4.69) is 15.5 Å². The SMILES string of the molecule is CCc1[nH]ncc1C(=O)NCC(O)COc1ccc(Cl)c(C)c1. The van der Waals surface area contributed by atoms with Crippen molar-refractivity contribution in [2.45, 2.75) is 26.4 Å². The van der Waals surface area contributed by atoms with Crippen LogP contribution in [0.4, 0.5) is 0 Å². The van der Waals surface area contributed by atoms with Gasteiger partial charge in [-0.3, -0.25) is 9.89 Å². The van der Waals surface area contributed by atoms with E-state index in [4.69, 9.17) is 16.3 Å². The van der Waals surface area contributed by atoms with Gasteiger partial charge in [0, 0.05) is 17.3 Å². The zero-order valence-corrected chi connectivity index (χ0v) is 13.9. The number of carbonyl (C=O) groups excluding carboxylic acids is 1. The fraction of sp³-hybridized carbons (Fsp3) is 0.375. The predicted octanol–water partition coefficient (Wildman–Crippen LogP) is 2.10. The Morgan fingerprint density at radius 1 is 1.52 bits per heavy atom. The molecule has 1 unspecified atom stereocenters. The molecule has 1 amide bonds. The summed E-state index contributed by atoms with van der Waals surface area (Å²) in [6, 6.07) is 5.28. The lowest BCUT2D eigenvalue weighted by molar-refractivity contribution is 0.0843. The average Bonchev–Trinajstić information content (AvgIpc) is 3.02. The van der Waals surface area contributed by atoms with Crippen molar-refractivity contribution in [2.24, 2.45) is 0 Å². The van der Waals surface area contributed by atoms with Gasteiger partial charge in [-0.1, -0.05) is 18.5 Å². The summed E-state index contributed by atoms with van der Waals surface area (Å²) in [7, 11) is 0. The second-order valence-corrected chi connectivity index (χ2v) is 5.61. The highest BCUT2D eigenvalue weighted by Crippen LogP contribution is 2.21. The number of nitrogens with zero attached hydrogens (tertiary/aromatic N) is 1. The van der Waals surface area contributed by atoms with Crippen LogP contribution in [-0.2, 0) is 6.42 Å². The van der Waals surface area contributed by atoms with E-state index >= 15 is 0 Å². The topological polar surface area (TPSA) is 87.2 Å². The molecule has 0 saturated carbocycles. The molecular weight excluding hydrogens is 318 g/mol. The number of aliphatic hydroxyl groups is 1. The van der Waals surface area contributed by atoms with E-state index < -0.39 is 6.10 Å². The zero-order valence-electron chi connectivity index (χ0n) is 13.1. The standard InChI is InChI=1S/C16H20ClN3O3/c1-3-15-13(8-19-20-15)16(22)18-7-11(21)9-23-12-4-5-14(17)10(2)6-12/h4-6,8,11,21H,3,7,9H2,1-2H3,(H,18,22)(H,19,20). The van der Waals surface area contributed by atoms with Gasteiger partial charge in [-0.05, 0) is 37.1 Å². The fourth-order valence-corrected chi connectivity index (χ4v) is 2.16. The second-order valence-electron chi connectivity index (χ2n) is 5.20. The van der Waals surface area contributed by atoms with Crippen LogP contribution >= 0.6 is 11.6 Å². The Morgan fingerprint density at radius 2 is 2.30 bits per heavy atom. The lowest BCUT2D eigenvalue weighted by atomic mass is 10.2. The van der Waals surface area contributed by atoms with E-state index in [0.29, 0.717) is 22.8 Å². The number of benzene rings is 1. The van der Waals surface area contributed by atoms with Gasteiger partial charge in [0.1, 0.15) is 18.5 Å². The average molecular weight is 338 g/mol. The number of carbonyl (C=O) groups is 1. The number of nitrogens with one attached hydrogen (secondary N) is 2. The van der Waals surface area contributed by atoms with Gasteiger partial charge < -0.3 is 15.2 Å². The van der Waals surface area contributed by atoms with E-state index in [1.807, 2.05) is 13.8 Å². The number of H-pyrrole nitrogens is 1. The van der Waals surface area contributed by atoms with E-state index in [9.17, 15) is 9.90 Å². The highest BCUT2D eigenvalue weighted by molar-refractivity contribution is 6.31. The van der Waals surface area contributed by atoms with Crippen molar-refractivity contribution < 1.29 is 14.6 Å². The monoisotopic (exact) mass is 337 g/mol. The van der Waals surface area contributed by atoms with Gasteiger partial charge in [-0.15, -0.1) is 0 Å². The molecule has 2 aromatic rings. The summed E-state index contributed by atoms with van der Waals surface area (Å²) in [6.45, 7) is 3.98. The van der Waals surface area contributed by atoms with Crippen LogP contribution in [0, 0.1) is 6.92 Å². The molecule has 1 aromatic carbocycles. The Morgan fingerprint density at radius 3 is 3.00 bits per heavy atom. The van der Waals surface area contributed by atoms with Crippen molar-refractivity contribution in [3.8, 4) is 5.75 Å². The van der Waals surface area contributed by atoms with Gasteiger partial charge in [-0.2, -0.15) is 5.10 Å². The summed E-state index contributed by atoms with van der Waals surface area (Å²) in [5.74, 6) is 0.359. The number of aryl methyl sites for hydroxylation is 2. The van der Waals surface area contributed by atoms with Gasteiger partial charge in [0.2, 0.25) is 0 Å². The third kappa shape index (κ3) is 4.71. The molecule has 0 spiro atoms. The molecule has 7 heteroatoms. The van der Waals surface area contributed by atoms with Crippen LogP contribution in [0.3, 0.4) is 0 Å². The summed E-state index contributed by atoms with van der Waals surface area (Å²) >= 11 is 5.94. The van der Waals surface area contributed by atoms with Gasteiger partial charge in [0.25, 0.3) is 5.91 Å². The fourth-order valence-electron chi connectivity index (χ4n) is 2.04. The first-order valence-corrected chi connectivity index (χ1v) is 7.76. The number of aromatic amines is 1. The molecule has 124 valence electrons. The maximum Gasteiger partial charge on any atom is 0.254 e. The first-order chi connectivity index (χ1) is 11.0. The minimum absolute atomic E-state index is 0.0768. The Bertz CT molecular complexity index is 672. The molecule has 0 bridgehead atoms. The molecule has 1 aromatic heterocycles. The van der Waals surface area contributed by atoms with Crippen molar-refractivity contribution >= 4 is 17.5 Å². The molecule has 0 aliphatic rings. The molecule has 0 radical (unpaired) electrons. The smallest absolute Gasteiger partial charge is 0.254 e. The van der Waals surface area contributed by atoms with E-state index in [0.717, 1.165) is 11.3 Å². The second kappa shape index (κ2) is 7.99. The van der Waals surface area contributed by atoms with Gasteiger partial charge >= 0.3 is 0 Å². The molecule has 1 atom stereocenters. The number of ether oxygens (including phenoxy) is 1. The van der Waals surface area contributed by atoms with E-state index in [1.54, 1.807) is 18.2 Å². The number of halogens is 1. The largest absolute Gasteiger partial charge is 0.491 e. The van der Waals surface area contributed by atoms with Crippen molar-refractivity contribution in [1.29, 1.82) is 0 Å². The number of aromatic nitrogens is 2. The molecule has 0 aliphatic heterocycles. The number of hydrogen-bond acceptors (Lipinski definition) is 4. The van der Waals surface area contributed by atoms with Crippen LogP contribution in [0.25, 0.3) is 0 Å². The first-order valence-electron chi connectivity index (χ1n) is 7.38. The quantitative estimate of drug-likeness (QED) is 0.722. The summed E-state index contributed by atoms with van der Waals surface area (Å²) < 4.78 is 5.49. The highest BCUT2D eigenvalue weighted by Gasteiger charge is 2.14. The van der Waals surface area contributed by atoms with Gasteiger partial charge in [0.05, 0.1) is 11.8 Å². The Balaban J connectivity index is 1.79. The van der Waals surface area contributed by atoms with Crippen molar-refractivity contribution in [3.63, 3.8) is 0 Å². The van der Waals surface area contributed by atoms with Crippen LogP contribution < -0.4 is 10.1 Å². The molecule has 0 aliphatic carbocycles. The molecular formula is C16H20ClN3O3. The molecule has 3 N–H and O–H groups in total. The van der Waals surface area contributed by atoms with Crippen LogP contribution in [0.2, 0.25) is 5.02 Å². The van der Waals surface area contributed by atoms with Crippen LogP contribution in [0.15, 0.2) is 24.4 Å². The summed E-state index contributed by atoms with van der Waals surface area (Å²) in [5.41, 5.74) is 2.16. The normalized spacial score (nSPS) is 12.0. The molecule has 2 rings (SSSR count). The lowest BCUT2D eigenvalue weighted by Crippen LogP contribution is -2.35. The highest BCUT2D eigenvalue weighted by atomic mass is 35.5. The number of amides is 1. The molecule has 23 heavy (non-hydrogen) atoms. The maximum absolute atomic E-state index is 12.0. The van der Waals surface area contributed by atoms with Crippen LogP contribution in [-0.4, -0.2) is 40.5 Å². The van der Waals surface area contributed by atoms with Crippen molar-refractivity contribution in [2.75, 3.05) is 13.2 Å². The van der Waals surface area contributed by atoms with Gasteiger partial charge in [0.15, 0.2) is 0 Å². The minimum atomic E-state index is -0.813. The minimum Gasteiger partial charge on any atom is -0.491 e. The first kappa shape index (κ1) is 17.3. The third-order valence-electron chi connectivity index (χ3n) is 3.39. The van der Waals surface area contributed by atoms with E-state index in [1.165, 1.54) is 6.20 Å². The molecule has 0 fully saturated rings. The van der Waals surface area contributed by atoms with Crippen LogP contribution in [0.1, 0.15) is 28.5 Å². The Labute approximate surface area is 139 Å². The Kier molecular flexibility index (Phi) is 6.01. The summed E-state index contributed by atoms with van der Waals surface area (Å²) in [6.07, 6.45) is 1.35. The molecule has 6 nitrogen and oxygen atoms in total. The van der Waals surface area contributed by atoms with Crippen molar-refractivity contribution in [1.82, 2.24) is 15.5 Å². The number of aliphatic hydroxyl groups excluding tert-OH is 1. The maximum atomic E-state index is 12.0. The van der Waals surface area contributed by atoms with E-state index in [-0.39, 0.29) is 19.1 Å². The molecule has 0 saturated heterocycles. The number of hydrogen-bond donors (Lipinski definition) is 3. The predicted molar refractivity (Wildman–Crippen MR) is 88.0 cm³/mol. The summed E-state index contributed by atoms with van der Waals surface area (Å²) in [5, 5.41) is 19.9. The van der Waals surface area contributed by atoms with Crippen molar-refractivity contribution in [3.05, 3.63) is 46.2 Å². The van der Waals surface area contributed by atoms with Gasteiger partial charge in [-0.25, -0.2) is 0 Å². The van der Waals surface area contributed by atoms with Crippen LogP contribution in [0.5, 0.6) is 5.75 Å². The zero-order chi connectivity index (χ0) is 16.8. The third-order valence-corrected chi connectivity index (χ3v) is 3.81. The molecule has 1 heterocycles. The lowest BCUT2D eigenvalue weighted by Gasteiger charge is -2.14. The summed E-state index contributed by atoms with van der Waals surface area (Å²) in [4.78, 5) is 12.0.